The molecule has 1 aromatic rings. The van der Waals surface area contributed by atoms with Gasteiger partial charge in [-0.1, -0.05) is 23.2 Å². The van der Waals surface area contributed by atoms with Crippen LogP contribution in [-0.4, -0.2) is 31.1 Å². The van der Waals surface area contributed by atoms with E-state index < -0.39 is 0 Å². The third-order valence-corrected chi connectivity index (χ3v) is 4.08. The normalized spacial score (nSPS) is 18.2. The van der Waals surface area contributed by atoms with Crippen molar-refractivity contribution in [3.05, 3.63) is 33.8 Å². The molecule has 1 N–H and O–H groups in total. The van der Waals surface area contributed by atoms with Crippen LogP contribution in [0.15, 0.2) is 18.2 Å². The van der Waals surface area contributed by atoms with Crippen LogP contribution < -0.4 is 5.32 Å². The molecule has 0 spiro atoms. The van der Waals surface area contributed by atoms with Crippen LogP contribution in [-0.2, 0) is 0 Å². The van der Waals surface area contributed by atoms with Gasteiger partial charge in [-0.3, -0.25) is 0 Å². The van der Waals surface area contributed by atoms with Crippen molar-refractivity contribution < 1.29 is 0 Å². The Morgan fingerprint density at radius 2 is 2.00 bits per heavy atom. The number of benzene rings is 1. The van der Waals surface area contributed by atoms with E-state index in [9.17, 15) is 0 Å². The molecule has 1 aliphatic heterocycles. The molecule has 18 heavy (non-hydrogen) atoms. The molecule has 1 fully saturated rings. The predicted molar refractivity (Wildman–Crippen MR) is 78.6 cm³/mol. The van der Waals surface area contributed by atoms with Gasteiger partial charge in [-0.2, -0.15) is 0 Å². The molecule has 1 saturated heterocycles. The maximum absolute atomic E-state index is 6.19. The molecule has 4 heteroatoms. The first-order chi connectivity index (χ1) is 8.66. The quantitative estimate of drug-likeness (QED) is 0.887. The largest absolute Gasteiger partial charge is 0.309 e. The van der Waals surface area contributed by atoms with E-state index >= 15 is 0 Å². The molecular weight excluding hydrogens is 267 g/mol. The Balaban J connectivity index is 1.83. The van der Waals surface area contributed by atoms with Crippen molar-refractivity contribution in [2.24, 2.45) is 0 Å². The first-order valence-electron chi connectivity index (χ1n) is 6.57. The predicted octanol–water partition coefficient (Wildman–Crippen LogP) is 3.74. The summed E-state index contributed by atoms with van der Waals surface area (Å²) in [6, 6.07) is 5.86. The molecule has 1 aromatic carbocycles. The van der Waals surface area contributed by atoms with E-state index in [1.165, 1.54) is 25.9 Å². The molecule has 2 rings (SSSR count). The Kier molecular flexibility index (Phi) is 5.31. The molecule has 0 radical (unpaired) electrons. The number of hydrogen-bond acceptors (Lipinski definition) is 2. The molecule has 1 heterocycles. The SMILES string of the molecule is CC(NCCN1CCCC1)c1cc(Cl)ccc1Cl. The molecule has 0 aromatic heterocycles. The number of nitrogens with one attached hydrogen (secondary N) is 1. The molecule has 100 valence electrons. The van der Waals surface area contributed by atoms with Crippen molar-refractivity contribution in [3.8, 4) is 0 Å². The highest BCUT2D eigenvalue weighted by molar-refractivity contribution is 6.33. The summed E-state index contributed by atoms with van der Waals surface area (Å²) < 4.78 is 0. The summed E-state index contributed by atoms with van der Waals surface area (Å²) in [5.41, 5.74) is 1.07. The fourth-order valence-electron chi connectivity index (χ4n) is 2.40. The van der Waals surface area contributed by atoms with Crippen LogP contribution >= 0.6 is 23.2 Å². The van der Waals surface area contributed by atoms with Crippen LogP contribution in [0, 0.1) is 0 Å². The fraction of sp³-hybridized carbons (Fsp3) is 0.571. The Morgan fingerprint density at radius 3 is 2.72 bits per heavy atom. The van der Waals surface area contributed by atoms with Gasteiger partial charge in [-0.05, 0) is 56.6 Å². The third-order valence-electron chi connectivity index (χ3n) is 3.50. The Morgan fingerprint density at radius 1 is 1.28 bits per heavy atom. The maximum atomic E-state index is 6.19. The van der Waals surface area contributed by atoms with Crippen molar-refractivity contribution in [1.82, 2.24) is 10.2 Å². The van der Waals surface area contributed by atoms with Gasteiger partial charge < -0.3 is 10.2 Å². The molecule has 1 unspecified atom stereocenters. The first kappa shape index (κ1) is 14.1. The summed E-state index contributed by atoms with van der Waals surface area (Å²) >= 11 is 12.2. The summed E-state index contributed by atoms with van der Waals surface area (Å²) in [6.07, 6.45) is 2.69. The minimum absolute atomic E-state index is 0.235. The lowest BCUT2D eigenvalue weighted by atomic mass is 10.1. The lowest BCUT2D eigenvalue weighted by Gasteiger charge is -2.19. The zero-order valence-electron chi connectivity index (χ0n) is 10.8. The van der Waals surface area contributed by atoms with Crippen LogP contribution in [0.1, 0.15) is 31.4 Å². The van der Waals surface area contributed by atoms with Crippen LogP contribution in [0.2, 0.25) is 10.0 Å². The van der Waals surface area contributed by atoms with Crippen LogP contribution in [0.3, 0.4) is 0 Å². The van der Waals surface area contributed by atoms with Crippen LogP contribution in [0.25, 0.3) is 0 Å². The van der Waals surface area contributed by atoms with Crippen molar-refractivity contribution in [2.75, 3.05) is 26.2 Å². The zero-order chi connectivity index (χ0) is 13.0. The van der Waals surface area contributed by atoms with E-state index in [-0.39, 0.29) is 6.04 Å². The summed E-state index contributed by atoms with van der Waals surface area (Å²) in [5, 5.41) is 5.03. The monoisotopic (exact) mass is 286 g/mol. The topological polar surface area (TPSA) is 15.3 Å². The van der Waals surface area contributed by atoms with Gasteiger partial charge in [0.25, 0.3) is 0 Å². The molecule has 0 bridgehead atoms. The van der Waals surface area contributed by atoms with E-state index in [1.54, 1.807) is 0 Å². The minimum Gasteiger partial charge on any atom is -0.309 e. The van der Waals surface area contributed by atoms with Crippen molar-refractivity contribution in [1.29, 1.82) is 0 Å². The number of hydrogen-bond donors (Lipinski definition) is 1. The summed E-state index contributed by atoms with van der Waals surface area (Å²) in [6.45, 7) is 6.72. The van der Waals surface area contributed by atoms with Gasteiger partial charge in [0, 0.05) is 29.2 Å². The third kappa shape index (κ3) is 3.86. The number of halogens is 2. The fourth-order valence-corrected chi connectivity index (χ4v) is 2.86. The van der Waals surface area contributed by atoms with Gasteiger partial charge in [0.15, 0.2) is 0 Å². The van der Waals surface area contributed by atoms with Crippen molar-refractivity contribution >= 4 is 23.2 Å². The maximum Gasteiger partial charge on any atom is 0.0454 e. The summed E-state index contributed by atoms with van der Waals surface area (Å²) in [4.78, 5) is 2.50. The van der Waals surface area contributed by atoms with Crippen molar-refractivity contribution in [2.45, 2.75) is 25.8 Å². The molecule has 0 aliphatic carbocycles. The molecule has 2 nitrogen and oxygen atoms in total. The van der Waals surface area contributed by atoms with Crippen LogP contribution in [0.4, 0.5) is 0 Å². The molecular formula is C14H20Cl2N2. The lowest BCUT2D eigenvalue weighted by Crippen LogP contribution is -2.31. The van der Waals surface area contributed by atoms with E-state index in [0.29, 0.717) is 0 Å². The molecule has 0 amide bonds. The highest BCUT2D eigenvalue weighted by Crippen LogP contribution is 2.25. The Hall–Kier alpha value is -0.280. The van der Waals surface area contributed by atoms with Gasteiger partial charge in [0.05, 0.1) is 0 Å². The first-order valence-corrected chi connectivity index (χ1v) is 7.33. The van der Waals surface area contributed by atoms with Crippen molar-refractivity contribution in [3.63, 3.8) is 0 Å². The molecule has 1 aliphatic rings. The Bertz CT molecular complexity index is 389. The minimum atomic E-state index is 0.235. The molecule has 1 atom stereocenters. The summed E-state index contributed by atoms with van der Waals surface area (Å²) in [7, 11) is 0. The highest BCUT2D eigenvalue weighted by atomic mass is 35.5. The lowest BCUT2D eigenvalue weighted by molar-refractivity contribution is 0.330. The van der Waals surface area contributed by atoms with E-state index in [2.05, 4.69) is 17.1 Å². The van der Waals surface area contributed by atoms with Gasteiger partial charge in [-0.25, -0.2) is 0 Å². The second-order valence-electron chi connectivity index (χ2n) is 4.89. The van der Waals surface area contributed by atoms with E-state index in [0.717, 1.165) is 28.7 Å². The molecule has 0 saturated carbocycles. The number of likely N-dealkylation sites (tertiary alicyclic amines) is 1. The van der Waals surface area contributed by atoms with Gasteiger partial charge in [-0.15, -0.1) is 0 Å². The number of rotatable bonds is 5. The number of nitrogens with zero attached hydrogens (tertiary/aromatic N) is 1. The van der Waals surface area contributed by atoms with Gasteiger partial charge in [0.1, 0.15) is 0 Å². The van der Waals surface area contributed by atoms with E-state index in [1.807, 2.05) is 18.2 Å². The standard InChI is InChI=1S/C14H20Cl2N2/c1-11(13-10-12(15)4-5-14(13)16)17-6-9-18-7-2-3-8-18/h4-5,10-11,17H,2-3,6-9H2,1H3. The zero-order valence-corrected chi connectivity index (χ0v) is 12.3. The average molecular weight is 287 g/mol. The average Bonchev–Trinajstić information content (AvgIpc) is 2.85. The summed E-state index contributed by atoms with van der Waals surface area (Å²) in [5.74, 6) is 0. The second-order valence-corrected chi connectivity index (χ2v) is 5.73. The Labute approximate surface area is 119 Å². The smallest absolute Gasteiger partial charge is 0.0454 e. The van der Waals surface area contributed by atoms with Gasteiger partial charge in [0.2, 0.25) is 0 Å². The van der Waals surface area contributed by atoms with Crippen LogP contribution in [0.5, 0.6) is 0 Å². The second kappa shape index (κ2) is 6.76. The highest BCUT2D eigenvalue weighted by Gasteiger charge is 2.13. The van der Waals surface area contributed by atoms with Gasteiger partial charge >= 0.3 is 0 Å². The van der Waals surface area contributed by atoms with E-state index in [4.69, 9.17) is 23.2 Å².